The molecule has 0 radical (unpaired) electrons. The molecule has 1 saturated heterocycles. The molecule has 0 bridgehead atoms. The van der Waals surface area contributed by atoms with Crippen molar-refractivity contribution in [1.82, 2.24) is 0 Å². The van der Waals surface area contributed by atoms with Crippen LogP contribution in [0.1, 0.15) is 91.9 Å². The van der Waals surface area contributed by atoms with E-state index < -0.39 is 7.60 Å². The third kappa shape index (κ3) is 5.40. The lowest BCUT2D eigenvalue weighted by molar-refractivity contribution is 0.0725. The van der Waals surface area contributed by atoms with E-state index in [0.717, 1.165) is 23.1 Å². The molecule has 1 N–H and O–H groups in total. The first-order chi connectivity index (χ1) is 18.0. The maximum absolute atomic E-state index is 13.4. The van der Waals surface area contributed by atoms with Gasteiger partial charge in [-0.25, -0.2) is 0 Å². The summed E-state index contributed by atoms with van der Waals surface area (Å²) < 4.78 is 31.1. The number of aryl methyl sites for hydroxylation is 1. The van der Waals surface area contributed by atoms with E-state index >= 15 is 0 Å². The quantitative estimate of drug-likeness (QED) is 0.308. The highest BCUT2D eigenvalue weighted by Crippen LogP contribution is 2.57. The van der Waals surface area contributed by atoms with Crippen molar-refractivity contribution in [3.8, 4) is 11.5 Å². The number of benzene rings is 3. The van der Waals surface area contributed by atoms with Gasteiger partial charge < -0.3 is 14.4 Å². The third-order valence-corrected chi connectivity index (χ3v) is 9.63. The van der Waals surface area contributed by atoms with Gasteiger partial charge in [-0.1, -0.05) is 63.6 Å². The average molecular weight is 555 g/mol. The molecule has 1 fully saturated rings. The lowest BCUT2D eigenvalue weighted by Gasteiger charge is -2.30. The number of hydrogen-bond acceptors (Lipinski definition) is 5. The van der Waals surface area contributed by atoms with Crippen LogP contribution in [0.15, 0.2) is 54.6 Å². The number of fused-ring (bicyclic) bond motifs is 1. The molecule has 5 nitrogen and oxygen atoms in total. The molecule has 3 aromatic rings. The van der Waals surface area contributed by atoms with Gasteiger partial charge in [0.25, 0.3) is 0 Å². The van der Waals surface area contributed by atoms with Crippen LogP contribution in [0.25, 0.3) is 0 Å². The molecule has 0 spiro atoms. The monoisotopic (exact) mass is 554 g/mol. The van der Waals surface area contributed by atoms with E-state index in [9.17, 15) is 9.67 Å². The van der Waals surface area contributed by atoms with Gasteiger partial charge in [0.1, 0.15) is 11.5 Å². The summed E-state index contributed by atoms with van der Waals surface area (Å²) in [6.45, 7) is 11.1. The Hall–Kier alpha value is -2.30. The van der Waals surface area contributed by atoms with Crippen molar-refractivity contribution < 1.29 is 23.5 Å². The lowest BCUT2D eigenvalue weighted by Crippen LogP contribution is -2.17. The SMILES string of the molecule is Cc1cc(OCP2(=O)OCC[C@@H](c3cccc(Cl)c3)O2)cc2c1C(c1ccc(O)c(C(C)C)c1)CC2(C)C. The Kier molecular flexibility index (Phi) is 7.43. The second kappa shape index (κ2) is 10.4. The molecular weight excluding hydrogens is 519 g/mol. The van der Waals surface area contributed by atoms with E-state index in [-0.39, 0.29) is 29.7 Å². The Morgan fingerprint density at radius 3 is 2.66 bits per heavy atom. The molecule has 0 amide bonds. The second-order valence-corrected chi connectivity index (χ2v) is 13.9. The van der Waals surface area contributed by atoms with Gasteiger partial charge in [-0.15, -0.1) is 0 Å². The zero-order valence-corrected chi connectivity index (χ0v) is 24.3. The molecule has 3 atom stereocenters. The van der Waals surface area contributed by atoms with E-state index in [2.05, 4.69) is 46.8 Å². The normalized spacial score (nSPS) is 24.4. The van der Waals surface area contributed by atoms with Crippen molar-refractivity contribution in [3.05, 3.63) is 93.0 Å². The van der Waals surface area contributed by atoms with E-state index in [1.165, 1.54) is 16.7 Å². The fourth-order valence-corrected chi connectivity index (χ4v) is 7.56. The standard InChI is InChI=1S/C31H36ClO5P/c1-19(2)25-15-21(9-10-28(25)33)26-17-31(4,5)27-16-24(13-20(3)30(26)27)35-18-38(34)36-12-11-29(37-38)22-7-6-8-23(32)14-22/h6-10,13-16,19,26,29,33H,11-12,17-18H2,1-5H3/t26?,29-,38?/m0/s1. The van der Waals surface area contributed by atoms with Gasteiger partial charge in [0.05, 0.1) is 12.7 Å². The number of phenols is 1. The smallest absolute Gasteiger partial charge is 0.368 e. The number of hydrogen-bond donors (Lipinski definition) is 1. The highest BCUT2D eigenvalue weighted by molar-refractivity contribution is 7.53. The van der Waals surface area contributed by atoms with Gasteiger partial charge in [-0.2, -0.15) is 0 Å². The van der Waals surface area contributed by atoms with Crippen LogP contribution in [0.4, 0.5) is 0 Å². The van der Waals surface area contributed by atoms with Crippen molar-refractivity contribution >= 4 is 19.2 Å². The van der Waals surface area contributed by atoms with Gasteiger partial charge in [0, 0.05) is 17.4 Å². The van der Waals surface area contributed by atoms with Crippen LogP contribution < -0.4 is 4.74 Å². The van der Waals surface area contributed by atoms with E-state index in [0.29, 0.717) is 29.5 Å². The minimum Gasteiger partial charge on any atom is -0.508 e. The third-order valence-electron chi connectivity index (χ3n) is 7.79. The van der Waals surface area contributed by atoms with E-state index in [1.54, 1.807) is 6.07 Å². The van der Waals surface area contributed by atoms with Crippen molar-refractivity contribution in [3.63, 3.8) is 0 Å². The fraction of sp³-hybridized carbons (Fsp3) is 0.419. The number of phenolic OH excluding ortho intramolecular Hbond substituents is 1. The van der Waals surface area contributed by atoms with Crippen LogP contribution in [0.3, 0.4) is 0 Å². The molecule has 0 saturated carbocycles. The summed E-state index contributed by atoms with van der Waals surface area (Å²) in [4.78, 5) is 0. The molecule has 3 aromatic carbocycles. The number of halogens is 1. The van der Waals surface area contributed by atoms with Gasteiger partial charge in [0.2, 0.25) is 0 Å². The zero-order chi connectivity index (χ0) is 27.2. The summed E-state index contributed by atoms with van der Waals surface area (Å²) in [6, 6.07) is 17.5. The molecule has 5 rings (SSSR count). The molecule has 2 unspecified atom stereocenters. The average Bonchev–Trinajstić information content (AvgIpc) is 3.14. The largest absolute Gasteiger partial charge is 0.508 e. The summed E-state index contributed by atoms with van der Waals surface area (Å²) in [5.41, 5.74) is 6.68. The Bertz CT molecular complexity index is 1400. The van der Waals surface area contributed by atoms with Crippen LogP contribution >= 0.6 is 19.2 Å². The lowest BCUT2D eigenvalue weighted by atomic mass is 9.84. The van der Waals surface area contributed by atoms with E-state index in [4.69, 9.17) is 25.4 Å². The number of rotatable bonds is 6. The highest BCUT2D eigenvalue weighted by Gasteiger charge is 2.40. The molecule has 38 heavy (non-hydrogen) atoms. The summed E-state index contributed by atoms with van der Waals surface area (Å²) in [6.07, 6.45) is 1.07. The van der Waals surface area contributed by atoms with Crippen molar-refractivity contribution in [2.24, 2.45) is 0 Å². The zero-order valence-electron chi connectivity index (χ0n) is 22.7. The van der Waals surface area contributed by atoms with Crippen LogP contribution in [-0.4, -0.2) is 18.1 Å². The topological polar surface area (TPSA) is 65.0 Å². The molecule has 1 aliphatic carbocycles. The van der Waals surface area contributed by atoms with Crippen LogP contribution in [0.5, 0.6) is 11.5 Å². The van der Waals surface area contributed by atoms with E-state index in [1.807, 2.05) is 36.4 Å². The first-order valence-corrected chi connectivity index (χ1v) is 15.3. The molecular formula is C31H36ClO5P. The number of aromatic hydroxyl groups is 1. The molecule has 0 aromatic heterocycles. The van der Waals surface area contributed by atoms with Gasteiger partial charge in [0.15, 0.2) is 6.35 Å². The molecule has 1 aliphatic heterocycles. The fourth-order valence-electron chi connectivity index (χ4n) is 5.86. The minimum absolute atomic E-state index is 0.0696. The maximum atomic E-state index is 13.4. The van der Waals surface area contributed by atoms with Gasteiger partial charge in [-0.05, 0) is 88.4 Å². The highest BCUT2D eigenvalue weighted by atomic mass is 35.5. The minimum atomic E-state index is -3.45. The molecule has 1 heterocycles. The molecule has 202 valence electrons. The Labute approximate surface area is 230 Å². The number of ether oxygens (including phenoxy) is 1. The summed E-state index contributed by atoms with van der Waals surface area (Å²) >= 11 is 6.15. The van der Waals surface area contributed by atoms with Crippen molar-refractivity contribution in [1.29, 1.82) is 0 Å². The Morgan fingerprint density at radius 2 is 1.92 bits per heavy atom. The van der Waals surface area contributed by atoms with Crippen LogP contribution in [0, 0.1) is 6.92 Å². The predicted octanol–water partition coefficient (Wildman–Crippen LogP) is 9.00. The van der Waals surface area contributed by atoms with Gasteiger partial charge >= 0.3 is 7.60 Å². The Morgan fingerprint density at radius 1 is 1.13 bits per heavy atom. The summed E-state index contributed by atoms with van der Waals surface area (Å²) in [7, 11) is -3.45. The maximum Gasteiger partial charge on any atom is 0.368 e. The first kappa shape index (κ1) is 27.3. The van der Waals surface area contributed by atoms with Crippen molar-refractivity contribution in [2.45, 2.75) is 70.8 Å². The van der Waals surface area contributed by atoms with Crippen molar-refractivity contribution in [2.75, 3.05) is 13.0 Å². The Balaban J connectivity index is 1.38. The second-order valence-electron chi connectivity index (χ2n) is 11.5. The summed E-state index contributed by atoms with van der Waals surface area (Å²) in [5.74, 6) is 1.48. The first-order valence-electron chi connectivity index (χ1n) is 13.2. The summed E-state index contributed by atoms with van der Waals surface area (Å²) in [5, 5.41) is 11.0. The van der Waals surface area contributed by atoms with Crippen LogP contribution in [0.2, 0.25) is 5.02 Å². The predicted molar refractivity (Wildman–Crippen MR) is 152 cm³/mol. The van der Waals surface area contributed by atoms with Gasteiger partial charge in [-0.3, -0.25) is 9.09 Å². The van der Waals surface area contributed by atoms with Crippen LogP contribution in [-0.2, 0) is 19.0 Å². The molecule has 2 aliphatic rings. The molecule has 7 heteroatoms.